The number of hydrogen-bond donors (Lipinski definition) is 2. The Balaban J connectivity index is 1.74. The van der Waals surface area contributed by atoms with Gasteiger partial charge in [-0.3, -0.25) is 14.4 Å². The maximum absolute atomic E-state index is 13.5. The summed E-state index contributed by atoms with van der Waals surface area (Å²) in [6.45, 7) is 0.169. The standard InChI is InChI=1S/C26H30FN5O5/c1-30(2)23(33)10-6-5-9-22(37-26(36)31(3)4)24(34)29-21-8-7-13-32(25(21)35)16-19-15-17-14-18(27)11-12-20(17)28-19/h6-8,10-15,22,28H,5,9,16H2,1-4H3,(H,29,34)/b10-6+. The monoisotopic (exact) mass is 511 g/mol. The molecule has 11 heteroatoms. The van der Waals surface area contributed by atoms with Crippen molar-refractivity contribution in [3.8, 4) is 0 Å². The van der Waals surface area contributed by atoms with E-state index in [4.69, 9.17) is 4.74 Å². The van der Waals surface area contributed by atoms with E-state index in [1.165, 1.54) is 52.7 Å². The molecule has 3 aromatic rings. The van der Waals surface area contributed by atoms with Crippen LogP contribution in [0.2, 0.25) is 0 Å². The molecule has 0 saturated carbocycles. The van der Waals surface area contributed by atoms with Crippen LogP contribution in [0.4, 0.5) is 14.9 Å². The summed E-state index contributed by atoms with van der Waals surface area (Å²) in [5.74, 6) is -1.24. The number of ether oxygens (including phenoxy) is 1. The third-order valence-electron chi connectivity index (χ3n) is 5.45. The molecule has 2 heterocycles. The highest BCUT2D eigenvalue weighted by molar-refractivity contribution is 5.95. The zero-order valence-corrected chi connectivity index (χ0v) is 21.2. The number of carbonyl (C=O) groups excluding carboxylic acids is 3. The molecule has 1 aromatic carbocycles. The molecular formula is C26H30FN5O5. The van der Waals surface area contributed by atoms with E-state index in [0.29, 0.717) is 17.5 Å². The molecule has 2 N–H and O–H groups in total. The zero-order chi connectivity index (χ0) is 27.1. The SMILES string of the molecule is CN(C)C(=O)/C=C/CCC(OC(=O)N(C)C)C(=O)Nc1cccn(Cc2cc3cc(F)ccc3[nH]2)c1=O. The number of nitrogens with zero attached hydrogens (tertiary/aromatic N) is 3. The lowest BCUT2D eigenvalue weighted by Gasteiger charge is -2.19. The number of H-pyrrole nitrogens is 1. The predicted octanol–water partition coefficient (Wildman–Crippen LogP) is 2.95. The Kier molecular flexibility index (Phi) is 8.83. The fourth-order valence-electron chi connectivity index (χ4n) is 3.45. The molecule has 1 atom stereocenters. The first-order chi connectivity index (χ1) is 17.5. The summed E-state index contributed by atoms with van der Waals surface area (Å²) in [4.78, 5) is 55.6. The Morgan fingerprint density at radius 3 is 2.59 bits per heavy atom. The van der Waals surface area contributed by atoms with Gasteiger partial charge in [-0.15, -0.1) is 0 Å². The summed E-state index contributed by atoms with van der Waals surface area (Å²) in [5.41, 5.74) is 0.970. The van der Waals surface area contributed by atoms with Crippen molar-refractivity contribution in [1.82, 2.24) is 19.4 Å². The van der Waals surface area contributed by atoms with Gasteiger partial charge in [0.25, 0.3) is 11.5 Å². The average molecular weight is 512 g/mol. The normalized spacial score (nSPS) is 11.9. The molecule has 0 saturated heterocycles. The van der Waals surface area contributed by atoms with E-state index in [9.17, 15) is 23.6 Å². The quantitative estimate of drug-likeness (QED) is 0.429. The van der Waals surface area contributed by atoms with Crippen molar-refractivity contribution in [3.63, 3.8) is 0 Å². The van der Waals surface area contributed by atoms with Crippen molar-refractivity contribution in [2.45, 2.75) is 25.5 Å². The summed E-state index contributed by atoms with van der Waals surface area (Å²) in [6, 6.07) is 9.18. The van der Waals surface area contributed by atoms with Crippen LogP contribution in [0.15, 0.2) is 59.5 Å². The topological polar surface area (TPSA) is 117 Å². The van der Waals surface area contributed by atoms with Gasteiger partial charge in [0.05, 0.1) is 6.54 Å². The van der Waals surface area contributed by atoms with Gasteiger partial charge in [-0.1, -0.05) is 6.08 Å². The Morgan fingerprint density at radius 1 is 1.14 bits per heavy atom. The fraction of sp³-hybridized carbons (Fsp3) is 0.308. The number of rotatable bonds is 9. The number of aromatic amines is 1. The predicted molar refractivity (Wildman–Crippen MR) is 138 cm³/mol. The Morgan fingerprint density at radius 2 is 1.89 bits per heavy atom. The minimum atomic E-state index is -1.19. The minimum absolute atomic E-state index is 0.0129. The van der Waals surface area contributed by atoms with E-state index >= 15 is 0 Å². The van der Waals surface area contributed by atoms with Crippen molar-refractivity contribution in [2.75, 3.05) is 33.5 Å². The van der Waals surface area contributed by atoms with Gasteiger partial charge < -0.3 is 29.4 Å². The number of hydrogen-bond acceptors (Lipinski definition) is 5. The molecule has 1 unspecified atom stereocenters. The van der Waals surface area contributed by atoms with Gasteiger partial charge in [0.1, 0.15) is 11.5 Å². The van der Waals surface area contributed by atoms with E-state index in [2.05, 4.69) is 10.3 Å². The lowest BCUT2D eigenvalue weighted by molar-refractivity contribution is -0.125. The second kappa shape index (κ2) is 12.0. The highest BCUT2D eigenvalue weighted by atomic mass is 19.1. The molecule has 2 aromatic heterocycles. The second-order valence-electron chi connectivity index (χ2n) is 8.85. The number of halogens is 1. The maximum atomic E-state index is 13.5. The van der Waals surface area contributed by atoms with E-state index in [1.54, 1.807) is 44.6 Å². The molecule has 0 radical (unpaired) electrons. The van der Waals surface area contributed by atoms with Crippen molar-refractivity contribution in [1.29, 1.82) is 0 Å². The Labute approximate surface area is 213 Å². The number of fused-ring (bicyclic) bond motifs is 1. The average Bonchev–Trinajstić information content (AvgIpc) is 3.24. The van der Waals surface area contributed by atoms with E-state index in [-0.39, 0.29) is 30.4 Å². The van der Waals surface area contributed by atoms with E-state index < -0.39 is 23.7 Å². The molecule has 0 bridgehead atoms. The largest absolute Gasteiger partial charge is 0.436 e. The van der Waals surface area contributed by atoms with Crippen LogP contribution in [-0.4, -0.2) is 71.6 Å². The van der Waals surface area contributed by atoms with Crippen LogP contribution >= 0.6 is 0 Å². The van der Waals surface area contributed by atoms with Crippen LogP contribution in [0.5, 0.6) is 0 Å². The molecule has 0 fully saturated rings. The summed E-state index contributed by atoms with van der Waals surface area (Å²) in [7, 11) is 6.21. The van der Waals surface area contributed by atoms with Crippen molar-refractivity contribution in [2.24, 2.45) is 0 Å². The van der Waals surface area contributed by atoms with Gasteiger partial charge in [-0.2, -0.15) is 0 Å². The van der Waals surface area contributed by atoms with Gasteiger partial charge in [0.2, 0.25) is 5.91 Å². The zero-order valence-electron chi connectivity index (χ0n) is 21.2. The molecule has 0 aliphatic heterocycles. The minimum Gasteiger partial charge on any atom is -0.436 e. The number of amides is 3. The molecule has 0 spiro atoms. The Hall–Kier alpha value is -4.41. The van der Waals surface area contributed by atoms with Crippen LogP contribution in [-0.2, 0) is 20.9 Å². The molecule has 0 aliphatic rings. The highest BCUT2D eigenvalue weighted by Crippen LogP contribution is 2.17. The number of likely N-dealkylation sites (N-methyl/N-ethyl adjacent to an activating group) is 1. The number of allylic oxidation sites excluding steroid dienone is 1. The first-order valence-electron chi connectivity index (χ1n) is 11.6. The second-order valence-corrected chi connectivity index (χ2v) is 8.85. The highest BCUT2D eigenvalue weighted by Gasteiger charge is 2.24. The van der Waals surface area contributed by atoms with Gasteiger partial charge in [0, 0.05) is 51.0 Å². The van der Waals surface area contributed by atoms with E-state index in [1.807, 2.05) is 0 Å². The lowest BCUT2D eigenvalue weighted by Crippen LogP contribution is -2.37. The third kappa shape index (κ3) is 7.29. The van der Waals surface area contributed by atoms with Crippen molar-refractivity contribution >= 4 is 34.5 Å². The summed E-state index contributed by atoms with van der Waals surface area (Å²) < 4.78 is 20.2. The number of nitrogens with one attached hydrogen (secondary N) is 2. The van der Waals surface area contributed by atoms with Crippen LogP contribution in [0.25, 0.3) is 10.9 Å². The molecule has 10 nitrogen and oxygen atoms in total. The number of aromatic nitrogens is 2. The Bertz CT molecular complexity index is 1380. The van der Waals surface area contributed by atoms with Crippen LogP contribution in [0, 0.1) is 5.82 Å². The van der Waals surface area contributed by atoms with Crippen molar-refractivity contribution < 1.29 is 23.5 Å². The number of anilines is 1. The molecule has 37 heavy (non-hydrogen) atoms. The summed E-state index contributed by atoms with van der Waals surface area (Å²) >= 11 is 0. The van der Waals surface area contributed by atoms with Crippen molar-refractivity contribution in [3.05, 3.63) is 76.6 Å². The van der Waals surface area contributed by atoms with Gasteiger partial charge in [-0.25, -0.2) is 9.18 Å². The number of benzene rings is 1. The third-order valence-corrected chi connectivity index (χ3v) is 5.45. The van der Waals surface area contributed by atoms with Gasteiger partial charge >= 0.3 is 6.09 Å². The summed E-state index contributed by atoms with van der Waals surface area (Å²) in [6.07, 6.45) is 3.03. The number of pyridine rings is 1. The van der Waals surface area contributed by atoms with Crippen LogP contribution < -0.4 is 10.9 Å². The fourth-order valence-corrected chi connectivity index (χ4v) is 3.45. The first-order valence-corrected chi connectivity index (χ1v) is 11.6. The van der Waals surface area contributed by atoms with E-state index in [0.717, 1.165) is 5.52 Å². The molecular weight excluding hydrogens is 481 g/mol. The molecule has 3 rings (SSSR count). The lowest BCUT2D eigenvalue weighted by atomic mass is 10.1. The molecule has 0 aliphatic carbocycles. The smallest absolute Gasteiger partial charge is 0.410 e. The van der Waals surface area contributed by atoms with Gasteiger partial charge in [-0.05, 0) is 55.3 Å². The van der Waals surface area contributed by atoms with Crippen LogP contribution in [0.1, 0.15) is 18.5 Å². The summed E-state index contributed by atoms with van der Waals surface area (Å²) in [5, 5.41) is 3.24. The first kappa shape index (κ1) is 27.2. The van der Waals surface area contributed by atoms with Crippen LogP contribution in [0.3, 0.4) is 0 Å². The maximum Gasteiger partial charge on any atom is 0.410 e. The van der Waals surface area contributed by atoms with Gasteiger partial charge in [0.15, 0.2) is 6.10 Å². The number of carbonyl (C=O) groups is 3. The molecule has 196 valence electrons. The molecule has 3 amide bonds.